The lowest BCUT2D eigenvalue weighted by Crippen LogP contribution is -2.39. The third-order valence-electron chi connectivity index (χ3n) is 8.39. The van der Waals surface area contributed by atoms with E-state index in [0.29, 0.717) is 29.7 Å². The molecule has 4 rings (SSSR count). The number of esters is 1. The standard InChI is InChI=1S/C12H20O3.C11H17NO5S/c1-8-9-4-5-12(7-9,15-3)10(8)6-11(13)14-2;1-3-7-5-4-6-8-9(7)11(14)12(10(8)13)17-18(2,15)16/h8-10H,4-7H2,1-3H3;7-9H,3-6H2,1-2H3. The van der Waals surface area contributed by atoms with Gasteiger partial charge in [-0.15, -0.1) is 9.35 Å². The molecule has 33 heavy (non-hydrogen) atoms. The molecule has 0 radical (unpaired) electrons. The predicted octanol–water partition coefficient (Wildman–Crippen LogP) is 2.69. The van der Waals surface area contributed by atoms with Crippen molar-refractivity contribution in [3.05, 3.63) is 0 Å². The molecule has 0 N–H and O–H groups in total. The van der Waals surface area contributed by atoms with E-state index in [2.05, 4.69) is 11.2 Å². The van der Waals surface area contributed by atoms with Crippen molar-refractivity contribution in [2.45, 2.75) is 70.8 Å². The summed E-state index contributed by atoms with van der Waals surface area (Å²) in [7, 11) is -0.616. The number of hydroxylamine groups is 2. The Hall–Kier alpha value is -1.52. The van der Waals surface area contributed by atoms with E-state index in [4.69, 9.17) is 9.47 Å². The van der Waals surface area contributed by atoms with Gasteiger partial charge in [-0.1, -0.05) is 26.7 Å². The first-order chi connectivity index (χ1) is 15.5. The van der Waals surface area contributed by atoms with E-state index in [1.807, 2.05) is 6.92 Å². The van der Waals surface area contributed by atoms with Gasteiger partial charge in [-0.05, 0) is 49.9 Å². The van der Waals surface area contributed by atoms with Gasteiger partial charge in [0.15, 0.2) is 0 Å². The average molecular weight is 488 g/mol. The van der Waals surface area contributed by atoms with Gasteiger partial charge in [-0.2, -0.15) is 8.42 Å². The zero-order valence-corrected chi connectivity index (χ0v) is 21.1. The first-order valence-electron chi connectivity index (χ1n) is 11.9. The molecule has 7 unspecified atom stereocenters. The van der Waals surface area contributed by atoms with Gasteiger partial charge >= 0.3 is 5.97 Å². The molecule has 1 heterocycles. The topological polar surface area (TPSA) is 116 Å². The van der Waals surface area contributed by atoms with E-state index in [-0.39, 0.29) is 17.5 Å². The van der Waals surface area contributed by atoms with Crippen LogP contribution in [0.15, 0.2) is 0 Å². The number of hydrogen-bond acceptors (Lipinski definition) is 8. The highest BCUT2D eigenvalue weighted by Gasteiger charge is 2.57. The van der Waals surface area contributed by atoms with Crippen LogP contribution in [-0.2, 0) is 38.3 Å². The number of nitrogens with zero attached hydrogens (tertiary/aromatic N) is 1. The van der Waals surface area contributed by atoms with Crippen molar-refractivity contribution in [2.75, 3.05) is 20.5 Å². The van der Waals surface area contributed by atoms with Crippen LogP contribution >= 0.6 is 0 Å². The first-order valence-corrected chi connectivity index (χ1v) is 13.7. The Morgan fingerprint density at radius 3 is 2.42 bits per heavy atom. The highest BCUT2D eigenvalue weighted by molar-refractivity contribution is 7.85. The number of hydrogen-bond donors (Lipinski definition) is 0. The quantitative estimate of drug-likeness (QED) is 0.415. The minimum atomic E-state index is -3.86. The second-order valence-electron chi connectivity index (χ2n) is 10.00. The number of fused-ring (bicyclic) bond motifs is 3. The Labute approximate surface area is 196 Å². The molecule has 2 bridgehead atoms. The summed E-state index contributed by atoms with van der Waals surface area (Å²) in [6, 6.07) is 0. The molecule has 4 aliphatic rings. The summed E-state index contributed by atoms with van der Waals surface area (Å²) in [4.78, 5) is 35.5. The molecule has 2 amide bonds. The molecule has 7 atom stereocenters. The van der Waals surface area contributed by atoms with Crippen LogP contribution in [0.3, 0.4) is 0 Å². The summed E-state index contributed by atoms with van der Waals surface area (Å²) in [6.07, 6.45) is 8.09. The van der Waals surface area contributed by atoms with E-state index < -0.39 is 33.8 Å². The Balaban J connectivity index is 0.000000189. The molecule has 1 aliphatic heterocycles. The average Bonchev–Trinajstić information content (AvgIpc) is 3.40. The molecule has 1 saturated heterocycles. The fourth-order valence-corrected chi connectivity index (χ4v) is 7.06. The van der Waals surface area contributed by atoms with Gasteiger partial charge in [0.25, 0.3) is 21.9 Å². The SMILES string of the molecule is CCC1CCCC2C(=O)N(OS(C)(=O)=O)C(=O)C12.COC(=O)CC1C(C)C2CCC1(OC)C2. The zero-order chi connectivity index (χ0) is 24.6. The molecule has 0 aromatic rings. The molecule has 188 valence electrons. The lowest BCUT2D eigenvalue weighted by molar-refractivity contribution is -0.165. The zero-order valence-electron chi connectivity index (χ0n) is 20.2. The van der Waals surface area contributed by atoms with E-state index in [0.717, 1.165) is 44.3 Å². The maximum atomic E-state index is 12.1. The van der Waals surface area contributed by atoms with E-state index in [1.165, 1.54) is 13.5 Å². The van der Waals surface area contributed by atoms with Crippen LogP contribution in [0.25, 0.3) is 0 Å². The van der Waals surface area contributed by atoms with Gasteiger partial charge < -0.3 is 9.47 Å². The van der Waals surface area contributed by atoms with Crippen molar-refractivity contribution in [3.8, 4) is 0 Å². The molecule has 0 aromatic carbocycles. The van der Waals surface area contributed by atoms with Gasteiger partial charge in [-0.3, -0.25) is 14.4 Å². The molecular weight excluding hydrogens is 450 g/mol. The first kappa shape index (κ1) is 26.1. The van der Waals surface area contributed by atoms with E-state index in [9.17, 15) is 22.8 Å². The van der Waals surface area contributed by atoms with Crippen LogP contribution < -0.4 is 0 Å². The minimum absolute atomic E-state index is 0.0295. The summed E-state index contributed by atoms with van der Waals surface area (Å²) >= 11 is 0. The Morgan fingerprint density at radius 1 is 1.15 bits per heavy atom. The number of ether oxygens (including phenoxy) is 2. The minimum Gasteiger partial charge on any atom is -0.469 e. The number of carbonyl (C=O) groups is 3. The summed E-state index contributed by atoms with van der Waals surface area (Å²) in [5.74, 6) is -0.0678. The highest BCUT2D eigenvalue weighted by Crippen LogP contribution is 2.57. The van der Waals surface area contributed by atoms with Gasteiger partial charge in [0.1, 0.15) is 0 Å². The summed E-state index contributed by atoms with van der Waals surface area (Å²) < 4.78 is 37.1. The number of imide groups is 1. The highest BCUT2D eigenvalue weighted by atomic mass is 32.2. The third kappa shape index (κ3) is 5.12. The fraction of sp³-hybridized carbons (Fsp3) is 0.870. The molecule has 3 aliphatic carbocycles. The van der Waals surface area contributed by atoms with E-state index >= 15 is 0 Å². The summed E-state index contributed by atoms with van der Waals surface area (Å²) in [6.45, 7) is 4.23. The predicted molar refractivity (Wildman–Crippen MR) is 119 cm³/mol. The van der Waals surface area contributed by atoms with Crippen molar-refractivity contribution >= 4 is 27.9 Å². The van der Waals surface area contributed by atoms with Crippen LogP contribution in [0, 0.1) is 35.5 Å². The number of amides is 2. The molecule has 0 spiro atoms. The number of carbonyl (C=O) groups excluding carboxylic acids is 3. The fourth-order valence-electron chi connectivity index (χ4n) is 6.64. The van der Waals surface area contributed by atoms with Crippen molar-refractivity contribution in [3.63, 3.8) is 0 Å². The summed E-state index contributed by atoms with van der Waals surface area (Å²) in [5, 5.41) is 0.457. The van der Waals surface area contributed by atoms with E-state index in [1.54, 1.807) is 7.11 Å². The molecule has 10 heteroatoms. The van der Waals surface area contributed by atoms with Gasteiger partial charge in [0, 0.05) is 13.0 Å². The largest absolute Gasteiger partial charge is 0.469 e. The van der Waals surface area contributed by atoms with Crippen molar-refractivity contribution in [1.82, 2.24) is 5.06 Å². The maximum Gasteiger partial charge on any atom is 0.305 e. The Morgan fingerprint density at radius 2 is 1.85 bits per heavy atom. The normalized spacial score (nSPS) is 37.5. The number of rotatable bonds is 6. The second-order valence-corrected chi connectivity index (χ2v) is 11.6. The third-order valence-corrected chi connectivity index (χ3v) is 8.81. The lowest BCUT2D eigenvalue weighted by atomic mass is 9.72. The molecule has 9 nitrogen and oxygen atoms in total. The number of methoxy groups -OCH3 is 2. The monoisotopic (exact) mass is 487 g/mol. The Kier molecular flexibility index (Phi) is 7.90. The van der Waals surface area contributed by atoms with Crippen LogP contribution in [0.2, 0.25) is 0 Å². The molecule has 4 fully saturated rings. The molecule has 0 aromatic heterocycles. The van der Waals surface area contributed by atoms with Gasteiger partial charge in [0.2, 0.25) is 0 Å². The van der Waals surface area contributed by atoms with Crippen LogP contribution in [0.5, 0.6) is 0 Å². The summed E-state index contributed by atoms with van der Waals surface area (Å²) in [5.41, 5.74) is -0.0295. The maximum absolute atomic E-state index is 12.1. The lowest BCUT2D eigenvalue weighted by Gasteiger charge is -2.36. The van der Waals surface area contributed by atoms with Crippen molar-refractivity contribution < 1.29 is 36.6 Å². The Bertz CT molecular complexity index is 874. The van der Waals surface area contributed by atoms with Crippen LogP contribution in [0.4, 0.5) is 0 Å². The smallest absolute Gasteiger partial charge is 0.305 e. The second kappa shape index (κ2) is 10.00. The molecular formula is C23H37NO8S. The van der Waals surface area contributed by atoms with Gasteiger partial charge in [-0.25, -0.2) is 0 Å². The molecule has 3 saturated carbocycles. The van der Waals surface area contributed by atoms with Crippen molar-refractivity contribution in [2.24, 2.45) is 35.5 Å². The van der Waals surface area contributed by atoms with Crippen LogP contribution in [-0.4, -0.2) is 57.3 Å². The van der Waals surface area contributed by atoms with Gasteiger partial charge in [0.05, 0.1) is 37.2 Å². The van der Waals surface area contributed by atoms with Crippen LogP contribution in [0.1, 0.15) is 65.2 Å². The van der Waals surface area contributed by atoms with Crippen molar-refractivity contribution in [1.29, 1.82) is 0 Å².